The van der Waals surface area contributed by atoms with Gasteiger partial charge in [0.25, 0.3) is 0 Å². The molecule has 5 heterocycles. The van der Waals surface area contributed by atoms with Crippen LogP contribution in [0.25, 0.3) is 48.6 Å². The third-order valence-corrected chi connectivity index (χ3v) is 5.12. The van der Waals surface area contributed by atoms with Crippen molar-refractivity contribution in [1.82, 2.24) is 0 Å². The number of allylic oxidation sites excluding steroid dienone is 8. The summed E-state index contributed by atoms with van der Waals surface area (Å²) in [7, 11) is 0. The lowest BCUT2D eigenvalue weighted by molar-refractivity contribution is 0.501. The van der Waals surface area contributed by atoms with E-state index in [9.17, 15) is 0 Å². The monoisotopic (exact) mass is 472 g/mol. The fourth-order valence-electron chi connectivity index (χ4n) is 3.39. The molecule has 0 atom stereocenters. The maximum atomic E-state index is 5.80. The van der Waals surface area contributed by atoms with Gasteiger partial charge in [-0.1, -0.05) is 48.6 Å². The smallest absolute Gasteiger partial charge is 0.127 e. The highest BCUT2D eigenvalue weighted by Crippen LogP contribution is 1.84. The average molecular weight is 473 g/mol. The summed E-state index contributed by atoms with van der Waals surface area (Å²) in [5, 5.41) is 0. The van der Waals surface area contributed by atoms with E-state index in [1.54, 1.807) is 0 Å². The molecule has 4 aromatic heterocycles. The lowest BCUT2D eigenvalue weighted by atomic mass is 10.4. The first-order valence-corrected chi connectivity index (χ1v) is 11.6. The van der Waals surface area contributed by atoms with E-state index in [4.69, 9.17) is 17.7 Å². The highest BCUT2D eigenvalue weighted by molar-refractivity contribution is 5.48. The number of hydrogen-bond donors (Lipinski definition) is 0. The average Bonchev–Trinajstić information content (AvgIpc) is 3.68. The molecule has 1 aliphatic heterocycles. The van der Waals surface area contributed by atoms with Crippen LogP contribution in [0.4, 0.5) is 0 Å². The van der Waals surface area contributed by atoms with Crippen LogP contribution < -0.4 is 43.3 Å². The van der Waals surface area contributed by atoms with Crippen LogP contribution in [0.15, 0.2) is 115 Å². The number of furan rings is 4. The molecule has 0 N–H and O–H groups in total. The minimum Gasteiger partial charge on any atom is -0.457 e. The zero-order chi connectivity index (χ0) is 24.4. The van der Waals surface area contributed by atoms with Crippen molar-refractivity contribution in [1.29, 1.82) is 0 Å². The van der Waals surface area contributed by atoms with Crippen molar-refractivity contribution in [3.63, 3.8) is 0 Å². The SMILES string of the molecule is C1=C\C=c2\cc/c(o2)=C/C=C\C=c2/cc\c(o2)=C/C=C\C=c2\cc/c(o2)=C/C=C\C=c2\cc/c(o2)=C/1. The second kappa shape index (κ2) is 11.4. The normalized spacial score (nSPS) is 24.9. The molecule has 0 saturated heterocycles. The van der Waals surface area contributed by atoms with Gasteiger partial charge in [-0.25, -0.2) is 0 Å². The summed E-state index contributed by atoms with van der Waals surface area (Å²) in [6.45, 7) is 0. The fraction of sp³-hybridized carbons (Fsp3) is 0. The predicted molar refractivity (Wildman–Crippen MR) is 144 cm³/mol. The Morgan fingerprint density at radius 2 is 0.361 bits per heavy atom. The van der Waals surface area contributed by atoms with Crippen LogP contribution in [0.1, 0.15) is 0 Å². The van der Waals surface area contributed by atoms with Crippen LogP contribution in [0, 0.1) is 0 Å². The highest BCUT2D eigenvalue weighted by atomic mass is 16.3. The van der Waals surface area contributed by atoms with Gasteiger partial charge in [-0.15, -0.1) is 0 Å². The van der Waals surface area contributed by atoms with E-state index >= 15 is 0 Å². The Morgan fingerprint density at radius 3 is 0.500 bits per heavy atom. The summed E-state index contributed by atoms with van der Waals surface area (Å²) in [5.74, 6) is 0. The van der Waals surface area contributed by atoms with Gasteiger partial charge < -0.3 is 17.7 Å². The van der Waals surface area contributed by atoms with Crippen molar-refractivity contribution >= 4 is 48.6 Å². The van der Waals surface area contributed by atoms with E-state index in [1.807, 2.05) is 146 Å². The van der Waals surface area contributed by atoms with Crippen molar-refractivity contribution in [2.45, 2.75) is 0 Å². The predicted octanol–water partition coefficient (Wildman–Crippen LogP) is 1.64. The lowest BCUT2D eigenvalue weighted by Gasteiger charge is -1.78. The number of hydrogen-bond acceptors (Lipinski definition) is 4. The van der Waals surface area contributed by atoms with Gasteiger partial charge in [0.2, 0.25) is 0 Å². The van der Waals surface area contributed by atoms with Crippen LogP contribution in [-0.2, 0) is 0 Å². The molecule has 0 saturated carbocycles. The molecule has 4 heteroatoms. The van der Waals surface area contributed by atoms with Crippen LogP contribution >= 0.6 is 0 Å². The maximum absolute atomic E-state index is 5.80. The molecule has 0 amide bonds. The summed E-state index contributed by atoms with van der Waals surface area (Å²) < 4.78 is 23.2. The van der Waals surface area contributed by atoms with Crippen molar-refractivity contribution in [3.8, 4) is 0 Å². The molecule has 0 aliphatic carbocycles. The van der Waals surface area contributed by atoms with Crippen molar-refractivity contribution in [3.05, 3.63) is 140 Å². The van der Waals surface area contributed by atoms with Crippen LogP contribution in [0.2, 0.25) is 0 Å². The minimum absolute atomic E-state index is 0.770. The molecule has 0 spiro atoms. The minimum atomic E-state index is 0.770. The van der Waals surface area contributed by atoms with E-state index in [-0.39, 0.29) is 0 Å². The molecule has 36 heavy (non-hydrogen) atoms. The Balaban J connectivity index is 1.49. The third-order valence-electron chi connectivity index (χ3n) is 5.12. The molecule has 4 nitrogen and oxygen atoms in total. The van der Waals surface area contributed by atoms with Crippen LogP contribution in [0.5, 0.6) is 0 Å². The number of fused-ring (bicyclic) bond motifs is 8. The number of rotatable bonds is 0. The molecule has 5 rings (SSSR count). The van der Waals surface area contributed by atoms with E-state index < -0.39 is 0 Å². The second-order valence-corrected chi connectivity index (χ2v) is 7.83. The van der Waals surface area contributed by atoms with Gasteiger partial charge in [0.15, 0.2) is 0 Å². The van der Waals surface area contributed by atoms with E-state index in [0.717, 1.165) is 43.3 Å². The van der Waals surface area contributed by atoms with Gasteiger partial charge in [-0.3, -0.25) is 0 Å². The zero-order valence-electron chi connectivity index (χ0n) is 19.5. The third kappa shape index (κ3) is 6.55. The fourth-order valence-corrected chi connectivity index (χ4v) is 3.39. The Kier molecular flexibility index (Phi) is 7.26. The largest absolute Gasteiger partial charge is 0.457 e. The molecule has 0 radical (unpaired) electrons. The lowest BCUT2D eigenvalue weighted by Crippen LogP contribution is -1.99. The first kappa shape index (κ1) is 22.8. The molecule has 176 valence electrons. The van der Waals surface area contributed by atoms with Gasteiger partial charge in [0, 0.05) is 0 Å². The summed E-state index contributed by atoms with van der Waals surface area (Å²) >= 11 is 0. The maximum Gasteiger partial charge on any atom is 0.127 e. The first-order valence-electron chi connectivity index (χ1n) is 11.6. The molecular formula is C32H24O4. The van der Waals surface area contributed by atoms with Gasteiger partial charge in [-0.05, 0) is 97.1 Å². The van der Waals surface area contributed by atoms with Crippen molar-refractivity contribution in [2.24, 2.45) is 0 Å². The molecule has 0 aromatic carbocycles. The first-order chi connectivity index (χ1) is 17.8. The van der Waals surface area contributed by atoms with Crippen LogP contribution in [0.3, 0.4) is 0 Å². The summed E-state index contributed by atoms with van der Waals surface area (Å²) in [5.41, 5.74) is 6.16. The van der Waals surface area contributed by atoms with E-state index in [2.05, 4.69) is 0 Å². The topological polar surface area (TPSA) is 52.6 Å². The molecule has 8 bridgehead atoms. The Bertz CT molecular complexity index is 1520. The second-order valence-electron chi connectivity index (χ2n) is 7.83. The van der Waals surface area contributed by atoms with Crippen LogP contribution in [-0.4, -0.2) is 0 Å². The Hall–Kier alpha value is -4.96. The van der Waals surface area contributed by atoms with Gasteiger partial charge in [0.05, 0.1) is 0 Å². The summed E-state index contributed by atoms with van der Waals surface area (Å²) in [6, 6.07) is 15.4. The zero-order valence-corrected chi connectivity index (χ0v) is 19.5. The van der Waals surface area contributed by atoms with Crippen molar-refractivity contribution in [2.75, 3.05) is 0 Å². The van der Waals surface area contributed by atoms with Gasteiger partial charge in [0.1, 0.15) is 43.3 Å². The quantitative estimate of drug-likeness (QED) is 0.391. The van der Waals surface area contributed by atoms with Crippen molar-refractivity contribution < 1.29 is 17.7 Å². The Labute approximate surface area is 206 Å². The van der Waals surface area contributed by atoms with Gasteiger partial charge in [-0.2, -0.15) is 0 Å². The van der Waals surface area contributed by atoms with E-state index in [1.165, 1.54) is 0 Å². The summed E-state index contributed by atoms with van der Waals surface area (Å²) in [6.07, 6.45) is 30.5. The highest BCUT2D eigenvalue weighted by Gasteiger charge is 1.87. The molecule has 4 aromatic rings. The molecular weight excluding hydrogens is 448 g/mol. The van der Waals surface area contributed by atoms with E-state index in [0.29, 0.717) is 0 Å². The Morgan fingerprint density at radius 1 is 0.222 bits per heavy atom. The molecule has 0 fully saturated rings. The molecule has 1 aliphatic rings. The standard InChI is InChI=1S/C32H24O4/c1-2-10-26-19-20-28(34-26)12-5-6-14-30-23-24-32(36-30)16-8-7-15-31-22-21-29(35-31)13-4-3-11-27-18-17-25(9-1)33-27/h1-24H/b2-1-,4-3-,6-5-,8-7-,9-1?,10-2?,11-3?,12-5?,13-4?,14-6?,15-7?,16-8?,25-9-,26-10-,27-11-,28-12-,29-13-,30-14+,31-15-,32-16+. The summed E-state index contributed by atoms with van der Waals surface area (Å²) in [4.78, 5) is 0. The molecule has 0 unspecified atom stereocenters. The van der Waals surface area contributed by atoms with Gasteiger partial charge >= 0.3 is 0 Å².